The zero-order valence-corrected chi connectivity index (χ0v) is 22.2. The van der Waals surface area contributed by atoms with Crippen molar-refractivity contribution >= 4 is 46.7 Å². The van der Waals surface area contributed by atoms with E-state index >= 15 is 0 Å². The Morgan fingerprint density at radius 3 is 1.41 bits per heavy atom. The Hall–Kier alpha value is -1.99. The summed E-state index contributed by atoms with van der Waals surface area (Å²) in [5, 5.41) is 4.44. The lowest BCUT2D eigenvalue weighted by atomic mass is 10.1. The molecule has 34 heavy (non-hydrogen) atoms. The van der Waals surface area contributed by atoms with Gasteiger partial charge in [0.25, 0.3) is 0 Å². The summed E-state index contributed by atoms with van der Waals surface area (Å²) < 4.78 is 0.0997. The predicted molar refractivity (Wildman–Crippen MR) is 157 cm³/mol. The number of benzene rings is 4. The largest absolute Gasteiger partial charge is 0.139 e. The minimum Gasteiger partial charge on any atom is -0.139 e. The van der Waals surface area contributed by atoms with Gasteiger partial charge in [0.15, 0.2) is 0 Å². The van der Waals surface area contributed by atoms with Crippen LogP contribution in [0.25, 0.3) is 0 Å². The molecule has 0 aromatic heterocycles. The highest BCUT2D eigenvalue weighted by molar-refractivity contribution is 8.18. The Labute approximate surface area is 213 Å². The summed E-state index contributed by atoms with van der Waals surface area (Å²) in [5.41, 5.74) is 1.96. The normalized spacial score (nSPS) is 16.6. The highest BCUT2D eigenvalue weighted by atomic mass is 32.2. The zero-order valence-electron chi connectivity index (χ0n) is 19.7. The van der Waals surface area contributed by atoms with E-state index in [0.29, 0.717) is 5.66 Å². The van der Waals surface area contributed by atoms with Crippen LogP contribution in [-0.4, -0.2) is 17.2 Å². The molecule has 0 spiro atoms. The van der Waals surface area contributed by atoms with E-state index in [4.69, 9.17) is 0 Å². The molecule has 5 rings (SSSR count). The summed E-state index contributed by atoms with van der Waals surface area (Å²) in [6.07, 6.45) is 2.45. The van der Waals surface area contributed by atoms with Crippen LogP contribution in [0.2, 0.25) is 0 Å². The number of hydrogen-bond donors (Lipinski definition) is 0. The van der Waals surface area contributed by atoms with Crippen LogP contribution in [0, 0.1) is 0 Å². The third-order valence-corrected chi connectivity index (χ3v) is 15.2. The molecule has 1 atom stereocenters. The van der Waals surface area contributed by atoms with E-state index in [0.717, 1.165) is 6.42 Å². The maximum absolute atomic E-state index is 2.53. The van der Waals surface area contributed by atoms with Crippen molar-refractivity contribution in [3.63, 3.8) is 0 Å². The van der Waals surface area contributed by atoms with Crippen LogP contribution in [0.4, 0.5) is 0 Å². The molecule has 1 unspecified atom stereocenters. The Morgan fingerprint density at radius 2 is 1.00 bits per heavy atom. The molecule has 4 aromatic carbocycles. The first-order chi connectivity index (χ1) is 16.8. The van der Waals surface area contributed by atoms with Crippen LogP contribution in [0.1, 0.15) is 25.3 Å². The van der Waals surface area contributed by atoms with Crippen LogP contribution in [0.15, 0.2) is 121 Å². The van der Waals surface area contributed by atoms with E-state index in [-0.39, 0.29) is 4.08 Å². The molecule has 1 fully saturated rings. The van der Waals surface area contributed by atoms with Crippen molar-refractivity contribution < 1.29 is 0 Å². The smallest absolute Gasteiger partial charge is 0.114 e. The molecule has 0 amide bonds. The summed E-state index contributed by atoms with van der Waals surface area (Å²) >= 11 is 4.35. The minimum atomic E-state index is -1.90. The van der Waals surface area contributed by atoms with Crippen molar-refractivity contribution in [3.05, 3.63) is 127 Å². The van der Waals surface area contributed by atoms with E-state index in [2.05, 4.69) is 152 Å². The molecule has 1 aliphatic rings. The second kappa shape index (κ2) is 10.7. The Balaban J connectivity index is 1.70. The average molecular weight is 500 g/mol. The molecule has 3 heteroatoms. The third kappa shape index (κ3) is 4.49. The van der Waals surface area contributed by atoms with E-state index in [1.165, 1.54) is 39.4 Å². The summed E-state index contributed by atoms with van der Waals surface area (Å²) in [5.74, 6) is 2.48. The fourth-order valence-electron chi connectivity index (χ4n) is 5.40. The van der Waals surface area contributed by atoms with Crippen molar-refractivity contribution in [1.82, 2.24) is 0 Å². The maximum Gasteiger partial charge on any atom is 0.114 e. The third-order valence-electron chi connectivity index (χ3n) is 6.89. The van der Waals surface area contributed by atoms with E-state index in [1.807, 2.05) is 0 Å². The van der Waals surface area contributed by atoms with Crippen molar-refractivity contribution in [3.8, 4) is 0 Å². The Bertz CT molecular complexity index is 1060. The van der Waals surface area contributed by atoms with Gasteiger partial charge in [-0.05, 0) is 66.8 Å². The molecule has 0 radical (unpaired) electrons. The van der Waals surface area contributed by atoms with Crippen LogP contribution in [-0.2, 0) is 4.08 Å². The first-order valence-corrected chi connectivity index (χ1v) is 16.0. The van der Waals surface area contributed by atoms with Gasteiger partial charge in [-0.2, -0.15) is 0 Å². The maximum atomic E-state index is 2.53. The standard InChI is InChI=1S/C31H32PS2/c1-26(25-31(33-23-14-24-34-31)27-15-6-2-7-16-27)32(28-17-8-3-9-18-28,29-19-10-4-11-20-29)30-21-12-5-13-22-30/h2-13,15-22,26H,14,23-25H2,1H3/q+1. The van der Waals surface area contributed by atoms with Crippen LogP contribution >= 0.6 is 30.8 Å². The van der Waals surface area contributed by atoms with Crippen molar-refractivity contribution in [2.75, 3.05) is 11.5 Å². The molecule has 4 aromatic rings. The van der Waals surface area contributed by atoms with Gasteiger partial charge in [-0.25, -0.2) is 0 Å². The van der Waals surface area contributed by atoms with Gasteiger partial charge >= 0.3 is 0 Å². The van der Waals surface area contributed by atoms with Gasteiger partial charge in [0.2, 0.25) is 0 Å². The van der Waals surface area contributed by atoms with Gasteiger partial charge in [-0.3, -0.25) is 0 Å². The second-order valence-corrected chi connectivity index (χ2v) is 15.9. The SMILES string of the molecule is CC(CC1(c2ccccc2)SCCCS1)[P+](c1ccccc1)(c1ccccc1)c1ccccc1. The van der Waals surface area contributed by atoms with Crippen LogP contribution in [0.5, 0.6) is 0 Å². The first-order valence-electron chi connectivity index (χ1n) is 12.1. The molecule has 0 aliphatic carbocycles. The lowest BCUT2D eigenvalue weighted by Crippen LogP contribution is -2.40. The number of hydrogen-bond acceptors (Lipinski definition) is 2. The monoisotopic (exact) mass is 499 g/mol. The van der Waals surface area contributed by atoms with E-state index in [1.54, 1.807) is 0 Å². The van der Waals surface area contributed by atoms with E-state index in [9.17, 15) is 0 Å². The molecule has 1 aliphatic heterocycles. The van der Waals surface area contributed by atoms with Crippen LogP contribution in [0.3, 0.4) is 0 Å². The molecular formula is C31H32PS2+. The van der Waals surface area contributed by atoms with Gasteiger partial charge in [-0.15, -0.1) is 23.5 Å². The lowest BCUT2D eigenvalue weighted by molar-refractivity contribution is 0.734. The highest BCUT2D eigenvalue weighted by Crippen LogP contribution is 2.65. The molecule has 1 heterocycles. The minimum absolute atomic E-state index is 0.0997. The lowest BCUT2D eigenvalue weighted by Gasteiger charge is -2.41. The zero-order chi connectivity index (χ0) is 23.3. The fourth-order valence-corrected chi connectivity index (χ4v) is 14.1. The molecule has 0 bridgehead atoms. The topological polar surface area (TPSA) is 0 Å². The van der Waals surface area contributed by atoms with Crippen molar-refractivity contribution in [1.29, 1.82) is 0 Å². The molecule has 172 valence electrons. The van der Waals surface area contributed by atoms with Gasteiger partial charge in [0, 0.05) is 6.42 Å². The molecule has 0 N–H and O–H groups in total. The molecule has 0 nitrogen and oxygen atoms in total. The Morgan fingerprint density at radius 1 is 0.618 bits per heavy atom. The van der Waals surface area contributed by atoms with Gasteiger partial charge in [-0.1, -0.05) is 84.9 Å². The highest BCUT2D eigenvalue weighted by Gasteiger charge is 2.53. The van der Waals surface area contributed by atoms with Gasteiger partial charge < -0.3 is 0 Å². The molecule has 1 saturated heterocycles. The number of rotatable bonds is 7. The van der Waals surface area contributed by atoms with E-state index < -0.39 is 7.26 Å². The molecule has 0 saturated carbocycles. The predicted octanol–water partition coefficient (Wildman–Crippen LogP) is 7.48. The van der Waals surface area contributed by atoms with Crippen LogP contribution < -0.4 is 15.9 Å². The first kappa shape index (κ1) is 23.7. The average Bonchev–Trinajstić information content (AvgIpc) is 2.92. The van der Waals surface area contributed by atoms with Crippen molar-refractivity contribution in [2.24, 2.45) is 0 Å². The summed E-state index contributed by atoms with van der Waals surface area (Å²) in [4.78, 5) is 0. The number of thioether (sulfide) groups is 2. The summed E-state index contributed by atoms with van der Waals surface area (Å²) in [7, 11) is -1.90. The second-order valence-electron chi connectivity index (χ2n) is 8.95. The van der Waals surface area contributed by atoms with Gasteiger partial charge in [0.1, 0.15) is 23.2 Å². The Kier molecular flexibility index (Phi) is 7.49. The summed E-state index contributed by atoms with van der Waals surface area (Å²) in [6, 6.07) is 45.3. The molecular weight excluding hydrogens is 467 g/mol. The van der Waals surface area contributed by atoms with Crippen molar-refractivity contribution in [2.45, 2.75) is 29.5 Å². The quantitative estimate of drug-likeness (QED) is 0.242. The van der Waals surface area contributed by atoms with Gasteiger partial charge in [0.05, 0.1) is 9.74 Å². The summed E-state index contributed by atoms with van der Waals surface area (Å²) in [6.45, 7) is 2.53. The fraction of sp³-hybridized carbons (Fsp3) is 0.226.